The summed E-state index contributed by atoms with van der Waals surface area (Å²) in [4.78, 5) is 37.8. The third-order valence-corrected chi connectivity index (χ3v) is 5.41. The normalized spacial score (nSPS) is 18.9. The average Bonchev–Trinajstić information content (AvgIpc) is 3.22. The van der Waals surface area contributed by atoms with E-state index in [1.54, 1.807) is 12.1 Å². The molecule has 0 spiro atoms. The van der Waals surface area contributed by atoms with Gasteiger partial charge in [0, 0.05) is 24.2 Å². The van der Waals surface area contributed by atoms with E-state index in [2.05, 4.69) is 15.8 Å². The number of benzene rings is 2. The molecule has 1 atom stereocenters. The monoisotopic (exact) mass is 390 g/mol. The molecule has 1 fully saturated rings. The quantitative estimate of drug-likeness (QED) is 0.666. The van der Waals surface area contributed by atoms with Crippen molar-refractivity contribution in [1.29, 1.82) is 0 Å². The number of hydrogen-bond donors (Lipinski definition) is 2. The number of carbonyl (C=O) groups is 3. The van der Waals surface area contributed by atoms with Crippen molar-refractivity contribution in [3.63, 3.8) is 0 Å². The third kappa shape index (κ3) is 2.93. The summed E-state index contributed by atoms with van der Waals surface area (Å²) in [5, 5.41) is 10.5. The lowest BCUT2D eigenvalue weighted by atomic mass is 10.0. The molecule has 2 aliphatic rings. The van der Waals surface area contributed by atoms with Crippen LogP contribution in [0.15, 0.2) is 40.9 Å². The number of nitrogens with one attached hydrogen (secondary N) is 2. The van der Waals surface area contributed by atoms with E-state index in [0.29, 0.717) is 29.9 Å². The first-order valence-corrected chi connectivity index (χ1v) is 9.40. The second-order valence-electron chi connectivity index (χ2n) is 7.43. The van der Waals surface area contributed by atoms with Gasteiger partial charge in [0.2, 0.25) is 11.8 Å². The van der Waals surface area contributed by atoms with Gasteiger partial charge in [-0.1, -0.05) is 11.2 Å². The Kier molecular flexibility index (Phi) is 3.87. The molecule has 0 aliphatic carbocycles. The molecule has 8 nitrogen and oxygen atoms in total. The molecule has 146 valence electrons. The molecule has 1 saturated heterocycles. The smallest absolute Gasteiger partial charge is 0.255 e. The van der Waals surface area contributed by atoms with Gasteiger partial charge in [0.05, 0.1) is 5.39 Å². The van der Waals surface area contributed by atoms with Crippen LogP contribution in [-0.2, 0) is 16.1 Å². The Morgan fingerprint density at radius 1 is 1.17 bits per heavy atom. The number of piperidine rings is 1. The minimum Gasteiger partial charge on any atom is -0.354 e. The van der Waals surface area contributed by atoms with Crippen molar-refractivity contribution in [2.75, 3.05) is 5.32 Å². The van der Waals surface area contributed by atoms with Gasteiger partial charge in [-0.15, -0.1) is 0 Å². The number of aryl methyl sites for hydroxylation is 1. The van der Waals surface area contributed by atoms with E-state index < -0.39 is 11.9 Å². The topological polar surface area (TPSA) is 105 Å². The predicted octanol–water partition coefficient (Wildman–Crippen LogP) is 2.64. The van der Waals surface area contributed by atoms with E-state index in [1.165, 1.54) is 4.90 Å². The number of carbonyl (C=O) groups excluding carboxylic acids is 3. The minimum absolute atomic E-state index is 0.191. The Morgan fingerprint density at radius 3 is 2.86 bits per heavy atom. The highest BCUT2D eigenvalue weighted by molar-refractivity contribution is 6.05. The first-order valence-electron chi connectivity index (χ1n) is 9.40. The van der Waals surface area contributed by atoms with Gasteiger partial charge in [-0.3, -0.25) is 19.7 Å². The number of nitrogens with zero attached hydrogens (tertiary/aromatic N) is 2. The Balaban J connectivity index is 1.39. The maximum absolute atomic E-state index is 12.8. The summed E-state index contributed by atoms with van der Waals surface area (Å²) in [6.07, 6.45) is 0.585. The van der Waals surface area contributed by atoms with E-state index in [9.17, 15) is 14.4 Å². The van der Waals surface area contributed by atoms with Crippen LogP contribution in [0.1, 0.15) is 34.3 Å². The first kappa shape index (κ1) is 17.4. The molecule has 2 aliphatic heterocycles. The van der Waals surface area contributed by atoms with Crippen LogP contribution in [0.3, 0.4) is 0 Å². The molecule has 2 N–H and O–H groups in total. The summed E-state index contributed by atoms with van der Waals surface area (Å²) < 4.78 is 5.38. The zero-order valence-electron chi connectivity index (χ0n) is 15.7. The van der Waals surface area contributed by atoms with Crippen LogP contribution in [0.5, 0.6) is 0 Å². The summed E-state index contributed by atoms with van der Waals surface area (Å²) in [6, 6.07) is 10.7. The summed E-state index contributed by atoms with van der Waals surface area (Å²) in [6.45, 7) is 2.32. The number of amides is 3. The van der Waals surface area contributed by atoms with Gasteiger partial charge in [-0.2, -0.15) is 0 Å². The van der Waals surface area contributed by atoms with Gasteiger partial charge in [-0.25, -0.2) is 0 Å². The van der Waals surface area contributed by atoms with Gasteiger partial charge in [-0.05, 0) is 54.8 Å². The maximum atomic E-state index is 12.8. The maximum Gasteiger partial charge on any atom is 0.255 e. The molecule has 8 heteroatoms. The van der Waals surface area contributed by atoms with E-state index in [1.807, 2.05) is 31.2 Å². The molecule has 5 rings (SSSR count). The van der Waals surface area contributed by atoms with Gasteiger partial charge in [0.15, 0.2) is 11.4 Å². The highest BCUT2D eigenvalue weighted by Crippen LogP contribution is 2.32. The summed E-state index contributed by atoms with van der Waals surface area (Å²) >= 11 is 0. The van der Waals surface area contributed by atoms with Crippen LogP contribution in [0.25, 0.3) is 11.0 Å². The van der Waals surface area contributed by atoms with E-state index in [0.717, 1.165) is 22.2 Å². The first-order chi connectivity index (χ1) is 14.0. The summed E-state index contributed by atoms with van der Waals surface area (Å²) in [5.41, 5.74) is 3.96. The van der Waals surface area contributed by atoms with Crippen molar-refractivity contribution < 1.29 is 18.9 Å². The fourth-order valence-corrected chi connectivity index (χ4v) is 3.92. The van der Waals surface area contributed by atoms with Gasteiger partial charge < -0.3 is 14.7 Å². The number of rotatable bonds is 3. The van der Waals surface area contributed by atoms with E-state index in [4.69, 9.17) is 4.52 Å². The van der Waals surface area contributed by atoms with Gasteiger partial charge >= 0.3 is 0 Å². The predicted molar refractivity (Wildman–Crippen MR) is 105 cm³/mol. The lowest BCUT2D eigenvalue weighted by molar-refractivity contribution is -0.136. The Hall–Kier alpha value is -3.68. The molecule has 2 aromatic carbocycles. The molecule has 29 heavy (non-hydrogen) atoms. The van der Waals surface area contributed by atoms with E-state index >= 15 is 0 Å². The molecule has 0 saturated carbocycles. The third-order valence-electron chi connectivity index (χ3n) is 5.41. The van der Waals surface area contributed by atoms with Crippen LogP contribution < -0.4 is 10.6 Å². The highest BCUT2D eigenvalue weighted by Gasteiger charge is 2.39. The second kappa shape index (κ2) is 6.44. The van der Waals surface area contributed by atoms with Crippen molar-refractivity contribution in [3.05, 3.63) is 53.1 Å². The molecule has 1 aromatic heterocycles. The molecule has 3 heterocycles. The lowest BCUT2D eigenvalue weighted by Gasteiger charge is -2.29. The van der Waals surface area contributed by atoms with Crippen LogP contribution in [0.4, 0.5) is 11.5 Å². The van der Waals surface area contributed by atoms with Crippen LogP contribution >= 0.6 is 0 Å². The zero-order valence-corrected chi connectivity index (χ0v) is 15.7. The number of fused-ring (bicyclic) bond motifs is 2. The zero-order chi connectivity index (χ0) is 20.1. The SMILES string of the molecule is Cc1ccc2c(Nc3ccc4c(c3)CN(C3CCC(=O)NC3=O)C4=O)noc2c1. The molecular weight excluding hydrogens is 372 g/mol. The number of aromatic nitrogens is 1. The number of imide groups is 1. The highest BCUT2D eigenvalue weighted by atomic mass is 16.5. The Morgan fingerprint density at radius 2 is 2.03 bits per heavy atom. The lowest BCUT2D eigenvalue weighted by Crippen LogP contribution is -2.52. The molecule has 3 aromatic rings. The van der Waals surface area contributed by atoms with Crippen molar-refractivity contribution in [1.82, 2.24) is 15.4 Å². The Bertz CT molecular complexity index is 1180. The minimum atomic E-state index is -0.619. The molecule has 0 bridgehead atoms. The van der Waals surface area contributed by atoms with Crippen LogP contribution in [0.2, 0.25) is 0 Å². The molecule has 3 amide bonds. The van der Waals surface area contributed by atoms with Crippen LogP contribution in [-0.4, -0.2) is 33.8 Å². The molecular formula is C21H18N4O4. The fraction of sp³-hybridized carbons (Fsp3) is 0.238. The summed E-state index contributed by atoms with van der Waals surface area (Å²) in [7, 11) is 0. The van der Waals surface area contributed by atoms with Gasteiger partial charge in [0.1, 0.15) is 6.04 Å². The van der Waals surface area contributed by atoms with E-state index in [-0.39, 0.29) is 18.2 Å². The molecule has 1 unspecified atom stereocenters. The summed E-state index contributed by atoms with van der Waals surface area (Å²) in [5.74, 6) is -0.295. The van der Waals surface area contributed by atoms with Gasteiger partial charge in [0.25, 0.3) is 5.91 Å². The van der Waals surface area contributed by atoms with Crippen molar-refractivity contribution in [3.8, 4) is 0 Å². The fourth-order valence-electron chi connectivity index (χ4n) is 3.92. The largest absolute Gasteiger partial charge is 0.354 e. The average molecular weight is 390 g/mol. The van der Waals surface area contributed by atoms with Crippen molar-refractivity contribution in [2.45, 2.75) is 32.4 Å². The second-order valence-corrected chi connectivity index (χ2v) is 7.43. The number of anilines is 2. The van der Waals surface area contributed by atoms with Crippen molar-refractivity contribution >= 4 is 40.2 Å². The molecule has 0 radical (unpaired) electrons. The standard InChI is InChI=1S/C21H18N4O4/c1-11-2-4-15-17(8-11)29-24-19(15)22-13-3-5-14-12(9-13)10-25(21(14)28)16-6-7-18(26)23-20(16)27/h2-5,8-9,16H,6-7,10H2,1H3,(H,22,24)(H,23,26,27). The Labute approximate surface area is 165 Å². The van der Waals surface area contributed by atoms with Crippen LogP contribution in [0, 0.1) is 6.92 Å². The van der Waals surface area contributed by atoms with Crippen molar-refractivity contribution in [2.24, 2.45) is 0 Å². The number of hydrogen-bond acceptors (Lipinski definition) is 6.